The molecule has 2 N–H and O–H groups in total. The number of aliphatic hydroxyl groups excluding tert-OH is 1. The Labute approximate surface area is 184 Å². The van der Waals surface area contributed by atoms with Gasteiger partial charge in [-0.3, -0.25) is 4.79 Å². The molecule has 1 fully saturated rings. The van der Waals surface area contributed by atoms with Gasteiger partial charge < -0.3 is 19.9 Å². The highest BCUT2D eigenvalue weighted by Crippen LogP contribution is 2.31. The summed E-state index contributed by atoms with van der Waals surface area (Å²) in [4.78, 5) is 11.3. The van der Waals surface area contributed by atoms with Gasteiger partial charge in [-0.1, -0.05) is 76.9 Å². The lowest BCUT2D eigenvalue weighted by Gasteiger charge is -2.25. The average Bonchev–Trinajstić information content (AvgIpc) is 3.00. The van der Waals surface area contributed by atoms with E-state index < -0.39 is 42.7 Å². The van der Waals surface area contributed by atoms with Crippen LogP contribution in [0.3, 0.4) is 0 Å². The molecule has 0 aromatic carbocycles. The van der Waals surface area contributed by atoms with Gasteiger partial charge in [0, 0.05) is 0 Å². The van der Waals surface area contributed by atoms with Crippen molar-refractivity contribution in [1.82, 2.24) is 5.32 Å². The first-order valence-electron chi connectivity index (χ1n) is 11.6. The Morgan fingerprint density at radius 1 is 1.03 bits per heavy atom. The first kappa shape index (κ1) is 27.9. The van der Waals surface area contributed by atoms with Crippen molar-refractivity contribution in [3.8, 4) is 0 Å². The van der Waals surface area contributed by atoms with E-state index in [4.69, 9.17) is 9.47 Å². The van der Waals surface area contributed by atoms with Crippen LogP contribution in [0, 0.1) is 0 Å². The molecule has 0 aromatic heterocycles. The van der Waals surface area contributed by atoms with E-state index in [2.05, 4.69) is 6.92 Å². The van der Waals surface area contributed by atoms with Crippen molar-refractivity contribution >= 4 is 5.91 Å². The van der Waals surface area contributed by atoms with Gasteiger partial charge in [0.25, 0.3) is 0 Å². The summed E-state index contributed by atoms with van der Waals surface area (Å²) in [6.45, 7) is 4.83. The molecule has 0 aromatic rings. The normalized spacial score (nSPS) is 22.2. The number of alkyl halides is 3. The summed E-state index contributed by atoms with van der Waals surface area (Å²) in [6, 6.07) is -1.22. The molecule has 1 aliphatic heterocycles. The minimum Gasteiger partial charge on any atom is -0.394 e. The van der Waals surface area contributed by atoms with Gasteiger partial charge in [-0.25, -0.2) is 0 Å². The van der Waals surface area contributed by atoms with Crippen LogP contribution in [0.2, 0.25) is 0 Å². The maximum absolute atomic E-state index is 12.6. The van der Waals surface area contributed by atoms with Crippen LogP contribution in [0.5, 0.6) is 0 Å². The number of hydrogen-bond donors (Lipinski definition) is 2. The van der Waals surface area contributed by atoms with E-state index in [-0.39, 0.29) is 0 Å². The van der Waals surface area contributed by atoms with Gasteiger partial charge in [-0.05, 0) is 26.7 Å². The van der Waals surface area contributed by atoms with Crippen molar-refractivity contribution in [2.75, 3.05) is 6.61 Å². The molecule has 1 aliphatic rings. The highest BCUT2D eigenvalue weighted by atomic mass is 19.4. The Morgan fingerprint density at radius 2 is 1.58 bits per heavy atom. The van der Waals surface area contributed by atoms with E-state index in [0.29, 0.717) is 0 Å². The third kappa shape index (κ3) is 11.3. The van der Waals surface area contributed by atoms with Crippen LogP contribution in [0.15, 0.2) is 12.2 Å². The second-order valence-electron chi connectivity index (χ2n) is 8.72. The Bertz CT molecular complexity index is 537. The molecule has 0 spiro atoms. The van der Waals surface area contributed by atoms with Crippen LogP contribution in [-0.4, -0.2) is 47.8 Å². The van der Waals surface area contributed by atoms with E-state index in [1.807, 2.05) is 11.4 Å². The summed E-state index contributed by atoms with van der Waals surface area (Å²) in [5.41, 5.74) is 0. The van der Waals surface area contributed by atoms with E-state index >= 15 is 0 Å². The predicted molar refractivity (Wildman–Crippen MR) is 114 cm³/mol. The topological polar surface area (TPSA) is 67.8 Å². The van der Waals surface area contributed by atoms with Crippen LogP contribution < -0.4 is 5.32 Å². The molecule has 0 saturated carbocycles. The van der Waals surface area contributed by atoms with Crippen molar-refractivity contribution in [1.29, 1.82) is 0 Å². The molecule has 1 unspecified atom stereocenters. The van der Waals surface area contributed by atoms with Crippen molar-refractivity contribution in [2.24, 2.45) is 0 Å². The third-order valence-corrected chi connectivity index (χ3v) is 5.38. The zero-order valence-electron chi connectivity index (χ0n) is 19.2. The summed E-state index contributed by atoms with van der Waals surface area (Å²) in [5.74, 6) is -3.12. The van der Waals surface area contributed by atoms with Crippen LogP contribution in [0.4, 0.5) is 13.2 Å². The van der Waals surface area contributed by atoms with Gasteiger partial charge in [0.05, 0.1) is 12.6 Å². The quantitative estimate of drug-likeness (QED) is 0.258. The van der Waals surface area contributed by atoms with E-state index in [1.165, 1.54) is 51.4 Å². The summed E-state index contributed by atoms with van der Waals surface area (Å²) in [5, 5.41) is 11.3. The highest BCUT2D eigenvalue weighted by molar-refractivity contribution is 5.82. The maximum Gasteiger partial charge on any atom is 0.471 e. The molecule has 0 bridgehead atoms. The Morgan fingerprint density at radius 3 is 2.10 bits per heavy atom. The van der Waals surface area contributed by atoms with Gasteiger partial charge in [0.15, 0.2) is 5.79 Å². The molecule has 5 nitrogen and oxygen atoms in total. The number of rotatable bonds is 15. The van der Waals surface area contributed by atoms with Crippen LogP contribution in [0.25, 0.3) is 0 Å². The molecule has 1 amide bonds. The largest absolute Gasteiger partial charge is 0.471 e. The van der Waals surface area contributed by atoms with Crippen molar-refractivity contribution < 1.29 is 32.5 Å². The minimum absolute atomic E-state index is 0.649. The van der Waals surface area contributed by atoms with Gasteiger partial charge in [-0.2, -0.15) is 13.2 Å². The number of allylic oxidation sites excluding steroid dienone is 1. The summed E-state index contributed by atoms with van der Waals surface area (Å²) < 4.78 is 49.1. The molecule has 0 aliphatic carbocycles. The van der Waals surface area contributed by atoms with Crippen molar-refractivity contribution in [3.05, 3.63) is 12.2 Å². The van der Waals surface area contributed by atoms with Crippen molar-refractivity contribution in [2.45, 2.75) is 122 Å². The molecule has 182 valence electrons. The number of carbonyl (C=O) groups excluding carboxylic acids is 1. The van der Waals surface area contributed by atoms with Crippen molar-refractivity contribution in [3.63, 3.8) is 0 Å². The number of unbranched alkanes of at least 4 members (excludes halogenated alkanes) is 10. The summed E-state index contributed by atoms with van der Waals surface area (Å²) in [6.07, 6.45) is 10.4. The Hall–Kier alpha value is -1.12. The first-order valence-corrected chi connectivity index (χ1v) is 11.6. The molecule has 0 radical (unpaired) electrons. The number of ether oxygens (including phenoxy) is 2. The monoisotopic (exact) mass is 451 g/mol. The van der Waals surface area contributed by atoms with Crippen LogP contribution in [-0.2, 0) is 14.3 Å². The zero-order valence-corrected chi connectivity index (χ0v) is 19.2. The van der Waals surface area contributed by atoms with Crippen LogP contribution >= 0.6 is 0 Å². The lowest BCUT2D eigenvalue weighted by atomic mass is 10.0. The number of carbonyl (C=O) groups is 1. The molecule has 1 saturated heterocycles. The molecule has 1 rings (SSSR count). The Kier molecular flexibility index (Phi) is 12.7. The standard InChI is InChI=1S/C23H40F3NO4/c1-4-5-6-7-8-9-10-11-12-13-14-15-16-19-20(31-22(2,3)30-19)18(17-28)27-21(29)23(24,25)26/h15-16,18-20,28H,4-14,17H2,1-3H3,(H,27,29)/b16-15+/t18?,19-,20+/m1/s1. The number of amides is 1. The third-order valence-electron chi connectivity index (χ3n) is 5.38. The number of halogens is 3. The first-order chi connectivity index (χ1) is 14.6. The molecule has 31 heavy (non-hydrogen) atoms. The number of hydrogen-bond acceptors (Lipinski definition) is 4. The summed E-state index contributed by atoms with van der Waals surface area (Å²) >= 11 is 0. The maximum atomic E-state index is 12.6. The second kappa shape index (κ2) is 14.1. The van der Waals surface area contributed by atoms with E-state index in [0.717, 1.165) is 19.3 Å². The molecular weight excluding hydrogens is 411 g/mol. The average molecular weight is 452 g/mol. The van der Waals surface area contributed by atoms with Crippen LogP contribution in [0.1, 0.15) is 91.4 Å². The fraction of sp³-hybridized carbons (Fsp3) is 0.870. The molecule has 8 heteroatoms. The lowest BCUT2D eigenvalue weighted by Crippen LogP contribution is -2.53. The SMILES string of the molecule is CCCCCCCCCCCC/C=C/[C@H]1OC(C)(C)O[C@H]1C(CO)NC(=O)C(F)(F)F. The lowest BCUT2D eigenvalue weighted by molar-refractivity contribution is -0.177. The van der Waals surface area contributed by atoms with Gasteiger partial charge in [0.1, 0.15) is 12.2 Å². The van der Waals surface area contributed by atoms with E-state index in [1.54, 1.807) is 19.9 Å². The van der Waals surface area contributed by atoms with Gasteiger partial charge >= 0.3 is 12.1 Å². The zero-order chi connectivity index (χ0) is 23.3. The fourth-order valence-electron chi connectivity index (χ4n) is 3.74. The smallest absolute Gasteiger partial charge is 0.394 e. The number of aliphatic hydroxyl groups is 1. The van der Waals surface area contributed by atoms with Gasteiger partial charge in [0.2, 0.25) is 0 Å². The molecule has 3 atom stereocenters. The molecular formula is C23H40F3NO4. The Balaban J connectivity index is 2.38. The minimum atomic E-state index is -5.02. The summed E-state index contributed by atoms with van der Waals surface area (Å²) in [7, 11) is 0. The van der Waals surface area contributed by atoms with Gasteiger partial charge in [-0.15, -0.1) is 0 Å². The predicted octanol–water partition coefficient (Wildman–Crippen LogP) is 5.41. The highest BCUT2D eigenvalue weighted by Gasteiger charge is 2.47. The van der Waals surface area contributed by atoms with E-state index in [9.17, 15) is 23.1 Å². The second-order valence-corrected chi connectivity index (χ2v) is 8.72. The number of nitrogens with one attached hydrogen (secondary N) is 1. The molecule has 1 heterocycles. The fourth-order valence-corrected chi connectivity index (χ4v) is 3.74.